The molecular weight excluding hydrogens is 344 g/mol. The number of hydrogen-bond acceptors (Lipinski definition) is 7. The van der Waals surface area contributed by atoms with E-state index in [0.29, 0.717) is 6.54 Å². The molecule has 0 radical (unpaired) electrons. The van der Waals surface area contributed by atoms with E-state index in [2.05, 4.69) is 51.7 Å². The number of aromatic nitrogens is 3. The normalized spacial score (nSPS) is 10.6. The predicted molar refractivity (Wildman–Crippen MR) is 99.5 cm³/mol. The summed E-state index contributed by atoms with van der Waals surface area (Å²) in [5, 5.41) is 15.5. The first-order chi connectivity index (χ1) is 11.3. The van der Waals surface area contributed by atoms with Crippen LogP contribution >= 0.6 is 34.4 Å². The standard InChI is InChI=1S/C16H16N4S3/c1-2-8-17-15-19-20-16(23-15)22-11-13-10-21-14(18-13)9-12-6-4-3-5-7-12/h2-7,10H,1,8-9,11H2,(H,17,19). The zero-order valence-electron chi connectivity index (χ0n) is 12.4. The average molecular weight is 361 g/mol. The van der Waals surface area contributed by atoms with Crippen LogP contribution in [-0.2, 0) is 12.2 Å². The molecule has 0 saturated heterocycles. The fourth-order valence-electron chi connectivity index (χ4n) is 1.90. The summed E-state index contributed by atoms with van der Waals surface area (Å²) in [6.45, 7) is 4.38. The number of hydrogen-bond donors (Lipinski definition) is 1. The Bertz CT molecular complexity index is 752. The quantitative estimate of drug-likeness (QED) is 0.474. The molecule has 1 aromatic carbocycles. The summed E-state index contributed by atoms with van der Waals surface area (Å²) in [5.74, 6) is 0.821. The molecule has 3 aromatic rings. The van der Waals surface area contributed by atoms with Crippen molar-refractivity contribution in [1.29, 1.82) is 0 Å². The molecule has 0 fully saturated rings. The van der Waals surface area contributed by atoms with Gasteiger partial charge in [-0.3, -0.25) is 0 Å². The van der Waals surface area contributed by atoms with Gasteiger partial charge in [0.05, 0.1) is 10.7 Å². The maximum absolute atomic E-state index is 4.70. The second-order valence-corrected chi connectivity index (χ2v) is 7.87. The first-order valence-corrected chi connectivity index (χ1v) is 9.80. The van der Waals surface area contributed by atoms with Gasteiger partial charge in [-0.25, -0.2) is 4.98 Å². The summed E-state index contributed by atoms with van der Waals surface area (Å²) < 4.78 is 0.953. The molecule has 4 nitrogen and oxygen atoms in total. The van der Waals surface area contributed by atoms with Crippen molar-refractivity contribution in [3.8, 4) is 0 Å². The van der Waals surface area contributed by atoms with E-state index in [4.69, 9.17) is 4.98 Å². The minimum Gasteiger partial charge on any atom is -0.357 e. The molecule has 0 amide bonds. The first kappa shape index (κ1) is 16.2. The van der Waals surface area contributed by atoms with Gasteiger partial charge < -0.3 is 5.32 Å². The Kier molecular flexibility index (Phi) is 5.79. The van der Waals surface area contributed by atoms with E-state index < -0.39 is 0 Å². The van der Waals surface area contributed by atoms with Crippen molar-refractivity contribution in [2.45, 2.75) is 16.5 Å². The van der Waals surface area contributed by atoms with E-state index >= 15 is 0 Å². The van der Waals surface area contributed by atoms with Crippen molar-refractivity contribution in [3.63, 3.8) is 0 Å². The van der Waals surface area contributed by atoms with Crippen LogP contribution in [0, 0.1) is 0 Å². The van der Waals surface area contributed by atoms with Crippen LogP contribution in [0.4, 0.5) is 5.13 Å². The Hall–Kier alpha value is -1.70. The number of anilines is 1. The molecule has 0 aliphatic rings. The van der Waals surface area contributed by atoms with Gasteiger partial charge in [0, 0.05) is 24.1 Å². The molecule has 2 heterocycles. The zero-order chi connectivity index (χ0) is 15.9. The third-order valence-electron chi connectivity index (χ3n) is 2.95. The van der Waals surface area contributed by atoms with Gasteiger partial charge >= 0.3 is 0 Å². The van der Waals surface area contributed by atoms with Crippen LogP contribution in [0.25, 0.3) is 0 Å². The Labute approximate surface area is 147 Å². The molecular formula is C16H16N4S3. The highest BCUT2D eigenvalue weighted by Gasteiger charge is 2.07. The molecule has 23 heavy (non-hydrogen) atoms. The lowest BCUT2D eigenvalue weighted by molar-refractivity contribution is 1.00. The molecule has 7 heteroatoms. The van der Waals surface area contributed by atoms with Crippen molar-refractivity contribution in [3.05, 3.63) is 64.6 Å². The minimum absolute atomic E-state index is 0.703. The van der Waals surface area contributed by atoms with Crippen LogP contribution in [0.15, 0.2) is 52.7 Å². The van der Waals surface area contributed by atoms with Crippen LogP contribution < -0.4 is 5.32 Å². The lowest BCUT2D eigenvalue weighted by Gasteiger charge is -1.96. The smallest absolute Gasteiger partial charge is 0.206 e. The number of rotatable bonds is 8. The lowest BCUT2D eigenvalue weighted by atomic mass is 10.2. The maximum atomic E-state index is 4.70. The monoisotopic (exact) mass is 360 g/mol. The van der Waals surface area contributed by atoms with Gasteiger partial charge in [-0.15, -0.1) is 28.1 Å². The third-order valence-corrected chi connectivity index (χ3v) is 5.89. The second kappa shape index (κ2) is 8.24. The van der Waals surface area contributed by atoms with Crippen molar-refractivity contribution in [2.75, 3.05) is 11.9 Å². The fourth-order valence-corrected chi connectivity index (χ4v) is 4.49. The largest absolute Gasteiger partial charge is 0.357 e. The van der Waals surface area contributed by atoms with Crippen LogP contribution in [-0.4, -0.2) is 21.7 Å². The van der Waals surface area contributed by atoms with E-state index in [1.165, 1.54) is 5.56 Å². The Balaban J connectivity index is 1.53. The van der Waals surface area contributed by atoms with E-state index in [0.717, 1.165) is 32.3 Å². The summed E-state index contributed by atoms with van der Waals surface area (Å²) in [6, 6.07) is 10.4. The average Bonchev–Trinajstić information content (AvgIpc) is 3.21. The third kappa shape index (κ3) is 4.89. The molecule has 118 valence electrons. The van der Waals surface area contributed by atoms with Crippen molar-refractivity contribution in [2.24, 2.45) is 0 Å². The Morgan fingerprint density at radius 2 is 2.09 bits per heavy atom. The van der Waals surface area contributed by atoms with Gasteiger partial charge in [0.25, 0.3) is 0 Å². The summed E-state index contributed by atoms with van der Waals surface area (Å²) in [6.07, 6.45) is 2.70. The summed E-state index contributed by atoms with van der Waals surface area (Å²) in [7, 11) is 0. The molecule has 0 saturated carbocycles. The van der Waals surface area contributed by atoms with Crippen LogP contribution in [0.5, 0.6) is 0 Å². The molecule has 3 rings (SSSR count). The van der Waals surface area contributed by atoms with Crippen molar-refractivity contribution >= 4 is 39.6 Å². The van der Waals surface area contributed by atoms with E-state index in [1.54, 1.807) is 40.5 Å². The summed E-state index contributed by atoms with van der Waals surface area (Å²) in [5.41, 5.74) is 2.39. The van der Waals surface area contributed by atoms with Gasteiger partial charge in [-0.05, 0) is 5.56 Å². The summed E-state index contributed by atoms with van der Waals surface area (Å²) in [4.78, 5) is 4.70. The first-order valence-electron chi connectivity index (χ1n) is 7.12. The second-order valence-electron chi connectivity index (χ2n) is 4.73. The maximum Gasteiger partial charge on any atom is 0.206 e. The molecule has 0 atom stereocenters. The molecule has 0 aliphatic heterocycles. The fraction of sp³-hybridized carbons (Fsp3) is 0.188. The van der Waals surface area contributed by atoms with Crippen molar-refractivity contribution < 1.29 is 0 Å². The van der Waals surface area contributed by atoms with E-state index in [-0.39, 0.29) is 0 Å². The zero-order valence-corrected chi connectivity index (χ0v) is 14.9. The molecule has 0 bridgehead atoms. The van der Waals surface area contributed by atoms with E-state index in [9.17, 15) is 0 Å². The molecule has 0 aliphatic carbocycles. The molecule has 1 N–H and O–H groups in total. The van der Waals surface area contributed by atoms with Crippen LogP contribution in [0.2, 0.25) is 0 Å². The molecule has 0 spiro atoms. The molecule has 2 aromatic heterocycles. The van der Waals surface area contributed by atoms with Crippen LogP contribution in [0.1, 0.15) is 16.3 Å². The highest BCUT2D eigenvalue weighted by Crippen LogP contribution is 2.28. The van der Waals surface area contributed by atoms with Crippen LogP contribution in [0.3, 0.4) is 0 Å². The van der Waals surface area contributed by atoms with Gasteiger partial charge in [-0.2, -0.15) is 0 Å². The molecule has 0 unspecified atom stereocenters. The lowest BCUT2D eigenvalue weighted by Crippen LogP contribution is -1.96. The Morgan fingerprint density at radius 1 is 1.22 bits per heavy atom. The highest BCUT2D eigenvalue weighted by atomic mass is 32.2. The summed E-state index contributed by atoms with van der Waals surface area (Å²) >= 11 is 4.94. The minimum atomic E-state index is 0.703. The highest BCUT2D eigenvalue weighted by molar-refractivity contribution is 8.00. The van der Waals surface area contributed by atoms with Gasteiger partial charge in [0.15, 0.2) is 4.34 Å². The van der Waals surface area contributed by atoms with Crippen molar-refractivity contribution in [1.82, 2.24) is 15.2 Å². The topological polar surface area (TPSA) is 50.7 Å². The Morgan fingerprint density at radius 3 is 2.91 bits per heavy atom. The number of nitrogens with zero attached hydrogens (tertiary/aromatic N) is 3. The van der Waals surface area contributed by atoms with Gasteiger partial charge in [-0.1, -0.05) is 59.5 Å². The number of thioether (sulfide) groups is 1. The van der Waals surface area contributed by atoms with Gasteiger partial charge in [0.2, 0.25) is 5.13 Å². The number of nitrogens with one attached hydrogen (secondary N) is 1. The predicted octanol–water partition coefficient (Wildman–Crippen LogP) is 4.48. The SMILES string of the molecule is C=CCNc1nnc(SCc2csc(Cc3ccccc3)n2)s1. The van der Waals surface area contributed by atoms with E-state index in [1.807, 2.05) is 6.07 Å². The number of thiazole rings is 1. The van der Waals surface area contributed by atoms with Gasteiger partial charge in [0.1, 0.15) is 0 Å². The number of benzene rings is 1.